The fourth-order valence-electron chi connectivity index (χ4n) is 2.69. The van der Waals surface area contributed by atoms with Crippen LogP contribution in [0.2, 0.25) is 0 Å². The van der Waals surface area contributed by atoms with Crippen molar-refractivity contribution in [3.8, 4) is 0 Å². The van der Waals surface area contributed by atoms with Crippen LogP contribution in [-0.4, -0.2) is 23.5 Å². The molecule has 1 atom stereocenters. The van der Waals surface area contributed by atoms with Crippen LogP contribution in [0.25, 0.3) is 10.9 Å². The van der Waals surface area contributed by atoms with Crippen LogP contribution >= 0.6 is 12.6 Å². The van der Waals surface area contributed by atoms with E-state index < -0.39 is 0 Å². The number of ether oxygens (including phenoxy) is 1. The Labute approximate surface area is 123 Å². The van der Waals surface area contributed by atoms with Gasteiger partial charge in [-0.3, -0.25) is 9.78 Å². The Morgan fingerprint density at radius 1 is 1.40 bits per heavy atom. The van der Waals surface area contributed by atoms with Crippen molar-refractivity contribution in [3.05, 3.63) is 36.0 Å². The van der Waals surface area contributed by atoms with Gasteiger partial charge in [0.2, 0.25) is 0 Å². The summed E-state index contributed by atoms with van der Waals surface area (Å²) in [4.78, 5) is 17.3. The number of nitrogens with zero attached hydrogens (tertiary/aromatic N) is 1. The highest BCUT2D eigenvalue weighted by Crippen LogP contribution is 2.24. The van der Waals surface area contributed by atoms with Crippen molar-refractivity contribution in [1.82, 2.24) is 4.98 Å². The van der Waals surface area contributed by atoms with Crippen molar-refractivity contribution in [2.45, 2.75) is 36.7 Å². The average Bonchev–Trinajstić information content (AvgIpc) is 2.99. The van der Waals surface area contributed by atoms with Crippen LogP contribution in [0.1, 0.15) is 24.8 Å². The summed E-state index contributed by atoms with van der Waals surface area (Å²) in [7, 11) is 0. The van der Waals surface area contributed by atoms with Gasteiger partial charge in [-0.1, -0.05) is 12.1 Å². The van der Waals surface area contributed by atoms with E-state index in [4.69, 9.17) is 4.74 Å². The molecule has 2 heterocycles. The number of carbonyl (C=O) groups excluding carboxylic acids is 1. The summed E-state index contributed by atoms with van der Waals surface area (Å²) in [5, 5.41) is 1.08. The Morgan fingerprint density at radius 2 is 2.30 bits per heavy atom. The molecule has 0 radical (unpaired) electrons. The van der Waals surface area contributed by atoms with E-state index in [9.17, 15) is 4.79 Å². The molecule has 1 aliphatic heterocycles. The molecule has 0 aliphatic carbocycles. The van der Waals surface area contributed by atoms with E-state index in [1.165, 1.54) is 0 Å². The third-order valence-electron chi connectivity index (χ3n) is 3.77. The van der Waals surface area contributed by atoms with Crippen molar-refractivity contribution >= 4 is 29.3 Å². The number of hydrogen-bond acceptors (Lipinski definition) is 4. The number of carbonyl (C=O) groups is 1. The summed E-state index contributed by atoms with van der Waals surface area (Å²) in [6.45, 7) is 0.720. The van der Waals surface area contributed by atoms with Gasteiger partial charge >= 0.3 is 0 Å². The first kappa shape index (κ1) is 13.6. The molecule has 1 aromatic carbocycles. The zero-order chi connectivity index (χ0) is 13.9. The molecular formula is C16H17NO2S. The number of ketones is 1. The summed E-state index contributed by atoms with van der Waals surface area (Å²) in [6.07, 6.45) is 4.74. The van der Waals surface area contributed by atoms with Gasteiger partial charge in [-0.25, -0.2) is 0 Å². The molecule has 0 spiro atoms. The molecule has 1 saturated heterocycles. The predicted molar refractivity (Wildman–Crippen MR) is 81.3 cm³/mol. The Bertz CT molecular complexity index is 635. The second-order valence-corrected chi connectivity index (χ2v) is 5.59. The van der Waals surface area contributed by atoms with E-state index in [0.29, 0.717) is 6.42 Å². The van der Waals surface area contributed by atoms with E-state index in [1.807, 2.05) is 24.3 Å². The Kier molecular flexibility index (Phi) is 4.03. The summed E-state index contributed by atoms with van der Waals surface area (Å²) in [5.41, 5.74) is 2.05. The number of pyridine rings is 1. The first-order valence-corrected chi connectivity index (χ1v) is 7.40. The molecule has 0 N–H and O–H groups in total. The van der Waals surface area contributed by atoms with E-state index in [1.54, 1.807) is 6.20 Å². The molecule has 0 saturated carbocycles. The van der Waals surface area contributed by atoms with E-state index >= 15 is 0 Å². The van der Waals surface area contributed by atoms with Crippen molar-refractivity contribution in [2.24, 2.45) is 0 Å². The predicted octanol–water partition coefficient (Wildman–Crippen LogP) is 3.20. The molecule has 3 nitrogen and oxygen atoms in total. The number of aryl methyl sites for hydroxylation is 1. The SMILES string of the molecule is O=C(CCc1ccnc2c(S)cccc12)C1CCCO1. The number of hydrogen-bond donors (Lipinski definition) is 1. The monoisotopic (exact) mass is 287 g/mol. The van der Waals surface area contributed by atoms with Crippen molar-refractivity contribution in [1.29, 1.82) is 0 Å². The first-order chi connectivity index (χ1) is 9.75. The molecule has 0 bridgehead atoms. The molecule has 0 amide bonds. The van der Waals surface area contributed by atoms with E-state index in [0.717, 1.165) is 47.2 Å². The molecule has 1 unspecified atom stereocenters. The number of aromatic nitrogens is 1. The highest BCUT2D eigenvalue weighted by Gasteiger charge is 2.23. The largest absolute Gasteiger partial charge is 0.370 e. The Morgan fingerprint density at radius 3 is 3.10 bits per heavy atom. The lowest BCUT2D eigenvalue weighted by molar-refractivity contribution is -0.127. The average molecular weight is 287 g/mol. The summed E-state index contributed by atoms with van der Waals surface area (Å²) in [5.74, 6) is 0.217. The number of benzene rings is 1. The molecule has 4 heteroatoms. The lowest BCUT2D eigenvalue weighted by atomic mass is 10.0. The second kappa shape index (κ2) is 5.94. The zero-order valence-corrected chi connectivity index (χ0v) is 12.1. The van der Waals surface area contributed by atoms with Crippen LogP contribution in [0.3, 0.4) is 0 Å². The number of fused-ring (bicyclic) bond motifs is 1. The van der Waals surface area contributed by atoms with Crippen molar-refractivity contribution in [3.63, 3.8) is 0 Å². The molecule has 20 heavy (non-hydrogen) atoms. The first-order valence-electron chi connectivity index (χ1n) is 6.95. The van der Waals surface area contributed by atoms with Gasteiger partial charge in [-0.15, -0.1) is 12.6 Å². The minimum absolute atomic E-state index is 0.177. The maximum absolute atomic E-state index is 12.1. The highest BCUT2D eigenvalue weighted by molar-refractivity contribution is 7.80. The third kappa shape index (κ3) is 2.72. The fraction of sp³-hybridized carbons (Fsp3) is 0.375. The fourth-order valence-corrected chi connectivity index (χ4v) is 2.95. The van der Waals surface area contributed by atoms with Gasteiger partial charge < -0.3 is 4.74 Å². The number of Topliss-reactive ketones (excluding diaryl/α,β-unsaturated/α-hetero) is 1. The second-order valence-electron chi connectivity index (χ2n) is 5.11. The van der Waals surface area contributed by atoms with Crippen LogP contribution < -0.4 is 0 Å². The van der Waals surface area contributed by atoms with Gasteiger partial charge in [-0.2, -0.15) is 0 Å². The molecule has 1 fully saturated rings. The standard InChI is InChI=1S/C16H17NO2S/c18-13(14-4-2-10-19-14)7-6-11-8-9-17-16-12(11)3-1-5-15(16)20/h1,3,5,8-9,14,20H,2,4,6-7,10H2. The topological polar surface area (TPSA) is 39.2 Å². The van der Waals surface area contributed by atoms with Gasteiger partial charge in [0, 0.05) is 29.5 Å². The zero-order valence-electron chi connectivity index (χ0n) is 11.2. The van der Waals surface area contributed by atoms with Crippen LogP contribution in [0.15, 0.2) is 35.4 Å². The Hall–Kier alpha value is -1.39. The van der Waals surface area contributed by atoms with Crippen molar-refractivity contribution in [2.75, 3.05) is 6.61 Å². The normalized spacial score (nSPS) is 18.6. The minimum Gasteiger partial charge on any atom is -0.370 e. The summed E-state index contributed by atoms with van der Waals surface area (Å²) >= 11 is 4.43. The summed E-state index contributed by atoms with van der Waals surface area (Å²) < 4.78 is 5.44. The molecular weight excluding hydrogens is 270 g/mol. The maximum atomic E-state index is 12.1. The smallest absolute Gasteiger partial charge is 0.161 e. The molecule has 104 valence electrons. The number of rotatable bonds is 4. The molecule has 1 aromatic heterocycles. The van der Waals surface area contributed by atoms with E-state index in [2.05, 4.69) is 17.6 Å². The third-order valence-corrected chi connectivity index (χ3v) is 4.13. The van der Waals surface area contributed by atoms with Gasteiger partial charge in [0.05, 0.1) is 5.52 Å². The van der Waals surface area contributed by atoms with Gasteiger partial charge in [-0.05, 0) is 37.0 Å². The van der Waals surface area contributed by atoms with Crippen LogP contribution in [0.4, 0.5) is 0 Å². The lowest BCUT2D eigenvalue weighted by Crippen LogP contribution is -2.19. The van der Waals surface area contributed by atoms with Crippen molar-refractivity contribution < 1.29 is 9.53 Å². The highest BCUT2D eigenvalue weighted by atomic mass is 32.1. The lowest BCUT2D eigenvalue weighted by Gasteiger charge is -2.10. The van der Waals surface area contributed by atoms with Crippen LogP contribution in [0.5, 0.6) is 0 Å². The molecule has 2 aromatic rings. The quantitative estimate of drug-likeness (QED) is 0.878. The number of para-hydroxylation sites is 1. The van der Waals surface area contributed by atoms with Gasteiger partial charge in [0.25, 0.3) is 0 Å². The van der Waals surface area contributed by atoms with Crippen LogP contribution in [-0.2, 0) is 16.0 Å². The minimum atomic E-state index is -0.177. The Balaban J connectivity index is 1.77. The maximum Gasteiger partial charge on any atom is 0.161 e. The number of thiol groups is 1. The summed E-state index contributed by atoms with van der Waals surface area (Å²) in [6, 6.07) is 7.92. The van der Waals surface area contributed by atoms with Gasteiger partial charge in [0.1, 0.15) is 6.10 Å². The molecule has 1 aliphatic rings. The van der Waals surface area contributed by atoms with E-state index in [-0.39, 0.29) is 11.9 Å². The molecule has 3 rings (SSSR count). The van der Waals surface area contributed by atoms with Crippen LogP contribution in [0, 0.1) is 0 Å². The van der Waals surface area contributed by atoms with Gasteiger partial charge in [0.15, 0.2) is 5.78 Å².